The van der Waals surface area contributed by atoms with Crippen LogP contribution < -0.4 is 5.32 Å². The van der Waals surface area contributed by atoms with E-state index in [1.54, 1.807) is 9.75 Å². The zero-order valence-electron chi connectivity index (χ0n) is 13.6. The molecule has 0 aliphatic heterocycles. The van der Waals surface area contributed by atoms with Crippen molar-refractivity contribution in [3.05, 3.63) is 21.9 Å². The molecule has 0 saturated heterocycles. The summed E-state index contributed by atoms with van der Waals surface area (Å²) in [6.45, 7) is 10.4. The topological polar surface area (TPSA) is 12.0 Å². The molecule has 1 aliphatic carbocycles. The van der Waals surface area contributed by atoms with Crippen LogP contribution in [0.2, 0.25) is 0 Å². The summed E-state index contributed by atoms with van der Waals surface area (Å²) < 4.78 is 0. The van der Waals surface area contributed by atoms with Gasteiger partial charge in [-0.15, -0.1) is 11.3 Å². The van der Waals surface area contributed by atoms with E-state index in [1.165, 1.54) is 38.6 Å². The number of hydrogen-bond acceptors (Lipinski definition) is 2. The third-order valence-corrected chi connectivity index (χ3v) is 5.97. The van der Waals surface area contributed by atoms with Crippen LogP contribution in [0, 0.1) is 17.8 Å². The van der Waals surface area contributed by atoms with Gasteiger partial charge in [-0.1, -0.05) is 34.1 Å². The van der Waals surface area contributed by atoms with Gasteiger partial charge in [-0.3, -0.25) is 0 Å². The van der Waals surface area contributed by atoms with E-state index in [2.05, 4.69) is 45.1 Å². The lowest BCUT2D eigenvalue weighted by Crippen LogP contribution is -2.36. The first-order valence-electron chi connectivity index (χ1n) is 8.39. The molecular weight excluding hydrogens is 262 g/mol. The lowest BCUT2D eigenvalue weighted by molar-refractivity contribution is 0.182. The molecule has 114 valence electrons. The van der Waals surface area contributed by atoms with Crippen molar-refractivity contribution in [1.82, 2.24) is 5.32 Å². The number of rotatable bonds is 6. The molecule has 0 amide bonds. The molecule has 0 radical (unpaired) electrons. The minimum absolute atomic E-state index is 0.614. The Labute approximate surface area is 129 Å². The Morgan fingerprint density at radius 3 is 2.60 bits per heavy atom. The highest BCUT2D eigenvalue weighted by Gasteiger charge is 2.28. The molecular formula is C18H31NS. The molecule has 3 unspecified atom stereocenters. The van der Waals surface area contributed by atoms with Gasteiger partial charge in [0, 0.05) is 15.8 Å². The molecule has 1 N–H and O–H groups in total. The Balaban J connectivity index is 1.96. The molecule has 1 aromatic rings. The van der Waals surface area contributed by atoms with Crippen molar-refractivity contribution in [3.8, 4) is 0 Å². The zero-order valence-corrected chi connectivity index (χ0v) is 14.4. The van der Waals surface area contributed by atoms with Gasteiger partial charge in [0.05, 0.1) is 0 Å². The summed E-state index contributed by atoms with van der Waals surface area (Å²) in [6.07, 6.45) is 6.75. The standard InChI is InChI=1S/C18H31NS/c1-5-17-8-9-18(20-17)11-16-10-14(4)6-7-15(16)12-19-13(2)3/h8-9,13-16,19H,5-7,10-12H2,1-4H3. The van der Waals surface area contributed by atoms with Gasteiger partial charge in [-0.2, -0.15) is 0 Å². The van der Waals surface area contributed by atoms with Crippen molar-refractivity contribution >= 4 is 11.3 Å². The van der Waals surface area contributed by atoms with Crippen molar-refractivity contribution in [2.45, 2.75) is 65.8 Å². The van der Waals surface area contributed by atoms with E-state index >= 15 is 0 Å². The van der Waals surface area contributed by atoms with Crippen LogP contribution in [0.1, 0.15) is 56.7 Å². The van der Waals surface area contributed by atoms with E-state index < -0.39 is 0 Å². The SMILES string of the molecule is CCc1ccc(CC2CC(C)CCC2CNC(C)C)s1. The second kappa shape index (κ2) is 7.61. The summed E-state index contributed by atoms with van der Waals surface area (Å²) in [5.41, 5.74) is 0. The molecule has 2 heteroatoms. The van der Waals surface area contributed by atoms with E-state index in [9.17, 15) is 0 Å². The maximum absolute atomic E-state index is 3.67. The van der Waals surface area contributed by atoms with Crippen LogP contribution in [0.3, 0.4) is 0 Å². The third kappa shape index (κ3) is 4.60. The quantitative estimate of drug-likeness (QED) is 0.786. The van der Waals surface area contributed by atoms with Gasteiger partial charge in [0.2, 0.25) is 0 Å². The maximum atomic E-state index is 3.67. The van der Waals surface area contributed by atoms with Gasteiger partial charge in [-0.05, 0) is 62.1 Å². The lowest BCUT2D eigenvalue weighted by Gasteiger charge is -2.35. The second-order valence-corrected chi connectivity index (χ2v) is 8.18. The average Bonchev–Trinajstić information content (AvgIpc) is 2.85. The number of hydrogen-bond donors (Lipinski definition) is 1. The molecule has 1 fully saturated rings. The molecule has 3 atom stereocenters. The molecule has 2 rings (SSSR count). The number of thiophene rings is 1. The van der Waals surface area contributed by atoms with Crippen LogP contribution in [0.5, 0.6) is 0 Å². The number of nitrogens with one attached hydrogen (secondary N) is 1. The molecule has 1 heterocycles. The molecule has 0 spiro atoms. The van der Waals surface area contributed by atoms with Gasteiger partial charge in [0.15, 0.2) is 0 Å². The Hall–Kier alpha value is -0.340. The summed E-state index contributed by atoms with van der Waals surface area (Å²) in [7, 11) is 0. The zero-order chi connectivity index (χ0) is 14.5. The van der Waals surface area contributed by atoms with Crippen molar-refractivity contribution in [2.24, 2.45) is 17.8 Å². The number of aryl methyl sites for hydroxylation is 1. The predicted molar refractivity (Wildman–Crippen MR) is 90.5 cm³/mol. The summed E-state index contributed by atoms with van der Waals surface area (Å²) in [5, 5.41) is 3.67. The van der Waals surface area contributed by atoms with Gasteiger partial charge in [-0.25, -0.2) is 0 Å². The fraction of sp³-hybridized carbons (Fsp3) is 0.778. The molecule has 20 heavy (non-hydrogen) atoms. The largest absolute Gasteiger partial charge is 0.314 e. The van der Waals surface area contributed by atoms with Gasteiger partial charge in [0.25, 0.3) is 0 Å². The Morgan fingerprint density at radius 2 is 1.95 bits per heavy atom. The lowest BCUT2D eigenvalue weighted by atomic mass is 9.73. The monoisotopic (exact) mass is 293 g/mol. The fourth-order valence-electron chi connectivity index (χ4n) is 3.45. The van der Waals surface area contributed by atoms with E-state index in [4.69, 9.17) is 0 Å². The summed E-state index contributed by atoms with van der Waals surface area (Å²) in [6, 6.07) is 5.31. The normalized spacial score (nSPS) is 27.1. The van der Waals surface area contributed by atoms with Gasteiger partial charge < -0.3 is 5.32 Å². The maximum Gasteiger partial charge on any atom is 0.00510 e. The molecule has 1 aliphatic rings. The second-order valence-electron chi connectivity index (χ2n) is 6.93. The van der Waals surface area contributed by atoms with Gasteiger partial charge in [0.1, 0.15) is 0 Å². The average molecular weight is 294 g/mol. The minimum atomic E-state index is 0.614. The summed E-state index contributed by atoms with van der Waals surface area (Å²) >= 11 is 2.03. The fourth-order valence-corrected chi connectivity index (χ4v) is 4.50. The Kier molecular flexibility index (Phi) is 6.10. The first-order valence-corrected chi connectivity index (χ1v) is 9.21. The van der Waals surface area contributed by atoms with Crippen molar-refractivity contribution < 1.29 is 0 Å². The third-order valence-electron chi connectivity index (χ3n) is 4.72. The smallest absolute Gasteiger partial charge is 0.00510 e. The summed E-state index contributed by atoms with van der Waals surface area (Å²) in [5.74, 6) is 2.68. The van der Waals surface area contributed by atoms with Crippen molar-refractivity contribution in [2.75, 3.05) is 6.54 Å². The summed E-state index contributed by atoms with van der Waals surface area (Å²) in [4.78, 5) is 3.15. The van der Waals surface area contributed by atoms with Crippen LogP contribution >= 0.6 is 11.3 Å². The molecule has 1 aromatic heterocycles. The molecule has 1 saturated carbocycles. The molecule has 1 nitrogen and oxygen atoms in total. The van der Waals surface area contributed by atoms with Crippen molar-refractivity contribution in [3.63, 3.8) is 0 Å². The van der Waals surface area contributed by atoms with E-state index in [-0.39, 0.29) is 0 Å². The van der Waals surface area contributed by atoms with E-state index in [0.29, 0.717) is 6.04 Å². The van der Waals surface area contributed by atoms with Crippen LogP contribution in [0.4, 0.5) is 0 Å². The first kappa shape index (κ1) is 16.0. The predicted octanol–water partition coefficient (Wildman–Crippen LogP) is 4.90. The highest BCUT2D eigenvalue weighted by molar-refractivity contribution is 7.11. The molecule has 0 bridgehead atoms. The molecule has 0 aromatic carbocycles. The highest BCUT2D eigenvalue weighted by Crippen LogP contribution is 2.36. The van der Waals surface area contributed by atoms with E-state index in [1.807, 2.05) is 11.3 Å². The van der Waals surface area contributed by atoms with Crippen LogP contribution in [0.25, 0.3) is 0 Å². The minimum Gasteiger partial charge on any atom is -0.314 e. The van der Waals surface area contributed by atoms with Crippen LogP contribution in [0.15, 0.2) is 12.1 Å². The Bertz CT molecular complexity index is 396. The van der Waals surface area contributed by atoms with Gasteiger partial charge >= 0.3 is 0 Å². The van der Waals surface area contributed by atoms with Crippen molar-refractivity contribution in [1.29, 1.82) is 0 Å². The Morgan fingerprint density at radius 1 is 1.20 bits per heavy atom. The van der Waals surface area contributed by atoms with Crippen LogP contribution in [-0.4, -0.2) is 12.6 Å². The first-order chi connectivity index (χ1) is 9.58. The van der Waals surface area contributed by atoms with E-state index in [0.717, 1.165) is 17.8 Å². The highest BCUT2D eigenvalue weighted by atomic mass is 32.1. The van der Waals surface area contributed by atoms with Crippen LogP contribution in [-0.2, 0) is 12.8 Å².